The molecule has 16 heavy (non-hydrogen) atoms. The number of hydrogen-bond acceptors (Lipinski definition) is 4. The van der Waals surface area contributed by atoms with Crippen molar-refractivity contribution in [3.63, 3.8) is 0 Å². The number of esters is 1. The smallest absolute Gasteiger partial charge is 0.357 e. The van der Waals surface area contributed by atoms with E-state index in [1.807, 2.05) is 18.2 Å². The first-order valence-electron chi connectivity index (χ1n) is 4.79. The lowest BCUT2D eigenvalue weighted by molar-refractivity contribution is -0.138. The third-order valence-corrected chi connectivity index (χ3v) is 1.75. The second-order valence-corrected chi connectivity index (χ2v) is 2.86. The molecule has 0 radical (unpaired) electrons. The van der Waals surface area contributed by atoms with Crippen molar-refractivity contribution in [3.05, 3.63) is 41.6 Å². The van der Waals surface area contributed by atoms with Crippen LogP contribution >= 0.6 is 0 Å². The van der Waals surface area contributed by atoms with Crippen LogP contribution in [0.5, 0.6) is 0 Å². The molecular weight excluding hydrogens is 206 g/mol. The Balaban J connectivity index is 2.98. The van der Waals surface area contributed by atoms with Gasteiger partial charge in [-0.3, -0.25) is 0 Å². The zero-order valence-corrected chi connectivity index (χ0v) is 8.84. The minimum Gasteiger partial charge on any atom is -0.461 e. The summed E-state index contributed by atoms with van der Waals surface area (Å²) >= 11 is 0. The summed E-state index contributed by atoms with van der Waals surface area (Å²) in [6.07, 6.45) is 2.81. The molecular formula is C12H11NO3. The van der Waals surface area contributed by atoms with Crippen LogP contribution in [0.4, 0.5) is 0 Å². The number of carbonyl (C=O) groups is 1. The first kappa shape index (κ1) is 11.9. The van der Waals surface area contributed by atoms with Crippen molar-refractivity contribution in [2.75, 3.05) is 6.61 Å². The van der Waals surface area contributed by atoms with Gasteiger partial charge in [0.15, 0.2) is 5.70 Å². The van der Waals surface area contributed by atoms with Crippen molar-refractivity contribution in [1.82, 2.24) is 0 Å². The minimum absolute atomic E-state index is 0.0527. The molecule has 1 aromatic rings. The lowest BCUT2D eigenvalue weighted by Crippen LogP contribution is -2.05. The van der Waals surface area contributed by atoms with Crippen molar-refractivity contribution in [2.24, 2.45) is 4.99 Å². The van der Waals surface area contributed by atoms with E-state index in [2.05, 4.69) is 4.99 Å². The molecule has 0 aromatic heterocycles. The van der Waals surface area contributed by atoms with Crippen LogP contribution in [0.2, 0.25) is 0 Å². The van der Waals surface area contributed by atoms with Gasteiger partial charge in [-0.2, -0.15) is 4.99 Å². The summed E-state index contributed by atoms with van der Waals surface area (Å²) in [6, 6.07) is 9.07. The molecule has 1 aromatic carbocycles. The number of ether oxygens (including phenoxy) is 1. The molecule has 0 aliphatic heterocycles. The Labute approximate surface area is 93.3 Å². The highest BCUT2D eigenvalue weighted by Gasteiger charge is 2.09. The zero-order chi connectivity index (χ0) is 11.8. The Morgan fingerprint density at radius 3 is 2.69 bits per heavy atom. The molecule has 0 aliphatic carbocycles. The number of carbonyl (C=O) groups excluding carboxylic acids is 2. The summed E-state index contributed by atoms with van der Waals surface area (Å²) in [5, 5.41) is 0. The summed E-state index contributed by atoms with van der Waals surface area (Å²) in [6.45, 7) is 1.92. The summed E-state index contributed by atoms with van der Waals surface area (Å²) in [4.78, 5) is 24.9. The van der Waals surface area contributed by atoms with Gasteiger partial charge < -0.3 is 4.74 Å². The maximum absolute atomic E-state index is 11.4. The normalized spacial score (nSPS) is 10.4. The van der Waals surface area contributed by atoms with E-state index in [1.165, 1.54) is 12.2 Å². The Hall–Kier alpha value is -2.19. The fourth-order valence-corrected chi connectivity index (χ4v) is 1.10. The van der Waals surface area contributed by atoms with E-state index in [-0.39, 0.29) is 12.3 Å². The molecule has 0 saturated heterocycles. The first-order valence-corrected chi connectivity index (χ1v) is 4.79. The Morgan fingerprint density at radius 1 is 1.44 bits per heavy atom. The van der Waals surface area contributed by atoms with Crippen molar-refractivity contribution in [3.8, 4) is 0 Å². The van der Waals surface area contributed by atoms with Gasteiger partial charge in [0.05, 0.1) is 6.61 Å². The maximum Gasteiger partial charge on any atom is 0.357 e. The molecule has 0 N–H and O–H groups in total. The average Bonchev–Trinajstić information content (AvgIpc) is 2.30. The Bertz CT molecular complexity index is 431. The lowest BCUT2D eigenvalue weighted by atomic mass is 10.2. The highest BCUT2D eigenvalue weighted by molar-refractivity contribution is 5.94. The molecule has 0 saturated carbocycles. The molecule has 1 rings (SSSR count). The van der Waals surface area contributed by atoms with Crippen LogP contribution in [0, 0.1) is 0 Å². The molecule has 0 fully saturated rings. The third-order valence-electron chi connectivity index (χ3n) is 1.75. The molecule has 0 unspecified atom stereocenters. The second kappa shape index (κ2) is 6.32. The van der Waals surface area contributed by atoms with E-state index in [9.17, 15) is 9.59 Å². The summed E-state index contributed by atoms with van der Waals surface area (Å²) in [5.41, 5.74) is 0.715. The molecule has 0 bridgehead atoms. The van der Waals surface area contributed by atoms with Crippen LogP contribution in [0.15, 0.2) is 41.0 Å². The molecule has 4 nitrogen and oxygen atoms in total. The van der Waals surface area contributed by atoms with Crippen LogP contribution in [0.3, 0.4) is 0 Å². The molecule has 4 heteroatoms. The van der Waals surface area contributed by atoms with Gasteiger partial charge in [-0.1, -0.05) is 30.3 Å². The van der Waals surface area contributed by atoms with E-state index in [1.54, 1.807) is 19.1 Å². The lowest BCUT2D eigenvalue weighted by Gasteiger charge is -2.00. The number of nitrogens with zero attached hydrogens (tertiary/aromatic N) is 1. The summed E-state index contributed by atoms with van der Waals surface area (Å²) in [7, 11) is 0. The average molecular weight is 217 g/mol. The number of benzene rings is 1. The van der Waals surface area contributed by atoms with Crippen LogP contribution in [0.1, 0.15) is 12.5 Å². The predicted octanol–water partition coefficient (Wildman–Crippen LogP) is 1.93. The van der Waals surface area contributed by atoms with Gasteiger partial charge in [-0.15, -0.1) is 0 Å². The monoisotopic (exact) mass is 217 g/mol. The first-order chi connectivity index (χ1) is 7.77. The van der Waals surface area contributed by atoms with Crippen LogP contribution in [-0.2, 0) is 14.3 Å². The van der Waals surface area contributed by atoms with Gasteiger partial charge in [0.2, 0.25) is 6.08 Å². The third kappa shape index (κ3) is 3.52. The maximum atomic E-state index is 11.4. The highest BCUT2D eigenvalue weighted by atomic mass is 16.5. The minimum atomic E-state index is -0.630. The van der Waals surface area contributed by atoms with Crippen molar-refractivity contribution in [2.45, 2.75) is 6.92 Å². The van der Waals surface area contributed by atoms with Crippen molar-refractivity contribution >= 4 is 18.1 Å². The number of rotatable bonds is 4. The standard InChI is InChI=1S/C12H11NO3/c1-2-16-12(15)11(13-9-14)8-10-6-4-3-5-7-10/h3-8H,2H2,1H3. The van der Waals surface area contributed by atoms with Crippen molar-refractivity contribution in [1.29, 1.82) is 0 Å². The highest BCUT2D eigenvalue weighted by Crippen LogP contribution is 2.08. The molecule has 0 amide bonds. The SMILES string of the molecule is CCOC(=O)C(=Cc1ccccc1)N=C=O. The summed E-state index contributed by atoms with van der Waals surface area (Å²) in [5.74, 6) is -0.630. The fourth-order valence-electron chi connectivity index (χ4n) is 1.10. The molecule has 0 aliphatic rings. The number of isocyanates is 1. The van der Waals surface area contributed by atoms with E-state index in [0.717, 1.165) is 5.56 Å². The molecule has 0 spiro atoms. The van der Waals surface area contributed by atoms with Gasteiger partial charge >= 0.3 is 5.97 Å². The van der Waals surface area contributed by atoms with Crippen molar-refractivity contribution < 1.29 is 14.3 Å². The zero-order valence-electron chi connectivity index (χ0n) is 8.84. The Morgan fingerprint density at radius 2 is 2.12 bits per heavy atom. The molecule has 82 valence electrons. The van der Waals surface area contributed by atoms with Gasteiger partial charge in [0.1, 0.15) is 0 Å². The van der Waals surface area contributed by atoms with Gasteiger partial charge in [-0.05, 0) is 18.6 Å². The quantitative estimate of drug-likeness (QED) is 0.335. The van der Waals surface area contributed by atoms with Gasteiger partial charge in [0.25, 0.3) is 0 Å². The molecule has 0 atom stereocenters. The van der Waals surface area contributed by atoms with E-state index >= 15 is 0 Å². The number of aliphatic imine (C=N–C) groups is 1. The van der Waals surface area contributed by atoms with E-state index < -0.39 is 5.97 Å². The second-order valence-electron chi connectivity index (χ2n) is 2.86. The predicted molar refractivity (Wildman–Crippen MR) is 59.2 cm³/mol. The largest absolute Gasteiger partial charge is 0.461 e. The van der Waals surface area contributed by atoms with Gasteiger partial charge in [-0.25, -0.2) is 9.59 Å². The topological polar surface area (TPSA) is 55.7 Å². The Kier molecular flexibility index (Phi) is 4.70. The van der Waals surface area contributed by atoms with Gasteiger partial charge in [0, 0.05) is 0 Å². The van der Waals surface area contributed by atoms with Crippen LogP contribution in [0.25, 0.3) is 6.08 Å². The number of hydrogen-bond donors (Lipinski definition) is 0. The molecule has 0 heterocycles. The van der Waals surface area contributed by atoms with Crippen LogP contribution < -0.4 is 0 Å². The summed E-state index contributed by atoms with van der Waals surface area (Å²) < 4.78 is 4.75. The van der Waals surface area contributed by atoms with E-state index in [4.69, 9.17) is 4.74 Å². The van der Waals surface area contributed by atoms with E-state index in [0.29, 0.717) is 0 Å². The fraction of sp³-hybridized carbons (Fsp3) is 0.167. The van der Waals surface area contributed by atoms with Crippen LogP contribution in [-0.4, -0.2) is 18.7 Å².